The fourth-order valence-corrected chi connectivity index (χ4v) is 2.66. The molecule has 1 saturated carbocycles. The molecule has 0 aromatic heterocycles. The minimum Gasteiger partial charge on any atom is -0.480 e. The van der Waals surface area contributed by atoms with Crippen LogP contribution in [0.3, 0.4) is 0 Å². The predicted octanol–water partition coefficient (Wildman–Crippen LogP) is 3.53. The third-order valence-electron chi connectivity index (χ3n) is 3.21. The van der Waals surface area contributed by atoms with Gasteiger partial charge < -0.3 is 4.74 Å². The van der Waals surface area contributed by atoms with Crippen molar-refractivity contribution in [3.8, 4) is 0 Å². The van der Waals surface area contributed by atoms with E-state index in [-0.39, 0.29) is 0 Å². The normalized spacial score (nSPS) is 24.4. The van der Waals surface area contributed by atoms with Crippen LogP contribution in [-0.2, 0) is 4.74 Å². The van der Waals surface area contributed by atoms with E-state index in [1.165, 1.54) is 25.0 Å². The maximum atomic E-state index is 5.66. The summed E-state index contributed by atoms with van der Waals surface area (Å²) in [5.41, 5.74) is 1.30. The summed E-state index contributed by atoms with van der Waals surface area (Å²) in [4.78, 5) is 0. The van der Waals surface area contributed by atoms with E-state index in [1.807, 2.05) is 0 Å². The Morgan fingerprint density at radius 3 is 3.06 bits per heavy atom. The number of ether oxygens (including phenoxy) is 1. The van der Waals surface area contributed by atoms with Crippen molar-refractivity contribution in [3.05, 3.63) is 0 Å². The number of halogens is 1. The number of nitrogens with zero attached hydrogens (tertiary/aromatic N) is 2. The Morgan fingerprint density at radius 1 is 1.25 bits per heavy atom. The standard InChI is InChI=1S/C12H19BrN2O/c13-7-3-4-8-16-12-9-10-5-1-2-6-11(10)14-15-12/h10H,1-9H2. The Hall–Kier alpha value is -0.380. The fourth-order valence-electron chi connectivity index (χ4n) is 2.27. The monoisotopic (exact) mass is 286 g/mol. The van der Waals surface area contributed by atoms with E-state index < -0.39 is 0 Å². The highest BCUT2D eigenvalue weighted by Crippen LogP contribution is 2.27. The van der Waals surface area contributed by atoms with Crippen LogP contribution in [0.15, 0.2) is 10.2 Å². The molecule has 1 heterocycles. The first kappa shape index (κ1) is 12.1. The van der Waals surface area contributed by atoms with E-state index in [4.69, 9.17) is 4.74 Å². The molecule has 0 saturated heterocycles. The Labute approximate surface area is 105 Å². The van der Waals surface area contributed by atoms with Crippen LogP contribution in [0.2, 0.25) is 0 Å². The van der Waals surface area contributed by atoms with E-state index in [9.17, 15) is 0 Å². The molecule has 1 aliphatic carbocycles. The second kappa shape index (κ2) is 6.38. The lowest BCUT2D eigenvalue weighted by Gasteiger charge is -2.26. The molecule has 1 atom stereocenters. The van der Waals surface area contributed by atoms with Gasteiger partial charge >= 0.3 is 0 Å². The van der Waals surface area contributed by atoms with Crippen molar-refractivity contribution in [1.82, 2.24) is 0 Å². The lowest BCUT2D eigenvalue weighted by atomic mass is 9.84. The smallest absolute Gasteiger partial charge is 0.209 e. The number of alkyl halides is 1. The Bertz CT molecular complexity index is 289. The molecule has 0 N–H and O–H groups in total. The molecule has 0 aromatic rings. The predicted molar refractivity (Wildman–Crippen MR) is 70.4 cm³/mol. The van der Waals surface area contributed by atoms with Gasteiger partial charge in [0.1, 0.15) is 0 Å². The van der Waals surface area contributed by atoms with Gasteiger partial charge in [-0.1, -0.05) is 22.4 Å². The fraction of sp³-hybridized carbons (Fsp3) is 0.833. The van der Waals surface area contributed by atoms with E-state index in [0.29, 0.717) is 5.92 Å². The molecular weight excluding hydrogens is 268 g/mol. The van der Waals surface area contributed by atoms with E-state index in [2.05, 4.69) is 26.1 Å². The number of hydrogen-bond donors (Lipinski definition) is 0. The van der Waals surface area contributed by atoms with Crippen LogP contribution in [0.25, 0.3) is 0 Å². The lowest BCUT2D eigenvalue weighted by Crippen LogP contribution is -2.26. The minimum absolute atomic E-state index is 0.623. The van der Waals surface area contributed by atoms with Crippen molar-refractivity contribution in [3.63, 3.8) is 0 Å². The molecule has 2 rings (SSSR count). The molecule has 0 radical (unpaired) electrons. The average molecular weight is 287 g/mol. The second-order valence-corrected chi connectivity index (χ2v) is 5.27. The van der Waals surface area contributed by atoms with Crippen LogP contribution in [0.1, 0.15) is 44.9 Å². The number of fused-ring (bicyclic) bond motifs is 1. The molecule has 1 aliphatic heterocycles. The molecule has 0 spiro atoms. The first-order valence-electron chi connectivity index (χ1n) is 6.22. The van der Waals surface area contributed by atoms with Crippen LogP contribution in [-0.4, -0.2) is 23.5 Å². The van der Waals surface area contributed by atoms with Gasteiger partial charge in [0.15, 0.2) is 0 Å². The van der Waals surface area contributed by atoms with Crippen molar-refractivity contribution in [2.75, 3.05) is 11.9 Å². The van der Waals surface area contributed by atoms with Crippen LogP contribution < -0.4 is 0 Å². The molecule has 90 valence electrons. The molecule has 0 amide bonds. The van der Waals surface area contributed by atoms with Crippen molar-refractivity contribution >= 4 is 27.5 Å². The third-order valence-corrected chi connectivity index (χ3v) is 3.78. The van der Waals surface area contributed by atoms with Gasteiger partial charge in [-0.15, -0.1) is 5.10 Å². The van der Waals surface area contributed by atoms with Gasteiger partial charge in [-0.2, -0.15) is 5.10 Å². The van der Waals surface area contributed by atoms with Gasteiger partial charge in [0.25, 0.3) is 0 Å². The van der Waals surface area contributed by atoms with E-state index in [1.54, 1.807) is 0 Å². The van der Waals surface area contributed by atoms with Crippen molar-refractivity contribution in [2.24, 2.45) is 16.1 Å². The van der Waals surface area contributed by atoms with Gasteiger partial charge in [-0.05, 0) is 32.1 Å². The average Bonchev–Trinajstić information content (AvgIpc) is 2.34. The molecule has 4 heteroatoms. The highest BCUT2D eigenvalue weighted by molar-refractivity contribution is 9.09. The SMILES string of the molecule is BrCCCCOC1=NN=C2CCCCC2C1. The minimum atomic E-state index is 0.623. The lowest BCUT2D eigenvalue weighted by molar-refractivity contribution is 0.280. The van der Waals surface area contributed by atoms with Crippen molar-refractivity contribution < 1.29 is 4.74 Å². The first-order chi connectivity index (χ1) is 7.90. The summed E-state index contributed by atoms with van der Waals surface area (Å²) in [6, 6.07) is 0. The zero-order valence-corrected chi connectivity index (χ0v) is 11.2. The summed E-state index contributed by atoms with van der Waals surface area (Å²) in [7, 11) is 0. The quantitative estimate of drug-likeness (QED) is 0.575. The van der Waals surface area contributed by atoms with Gasteiger partial charge in [-0.3, -0.25) is 0 Å². The van der Waals surface area contributed by atoms with Gasteiger partial charge in [0, 0.05) is 23.4 Å². The van der Waals surface area contributed by atoms with Crippen LogP contribution >= 0.6 is 15.9 Å². The number of rotatable bonds is 4. The topological polar surface area (TPSA) is 34.0 Å². The zero-order valence-electron chi connectivity index (χ0n) is 9.62. The highest BCUT2D eigenvalue weighted by atomic mass is 79.9. The largest absolute Gasteiger partial charge is 0.480 e. The van der Waals surface area contributed by atoms with Gasteiger partial charge in [0.05, 0.1) is 6.61 Å². The zero-order chi connectivity index (χ0) is 11.2. The summed E-state index contributed by atoms with van der Waals surface area (Å²) in [6.07, 6.45) is 8.25. The number of hydrogen-bond acceptors (Lipinski definition) is 3. The molecule has 3 nitrogen and oxygen atoms in total. The molecule has 2 aliphatic rings. The molecule has 16 heavy (non-hydrogen) atoms. The first-order valence-corrected chi connectivity index (χ1v) is 7.34. The molecular formula is C12H19BrN2O. The highest BCUT2D eigenvalue weighted by Gasteiger charge is 2.25. The van der Waals surface area contributed by atoms with Gasteiger partial charge in [0.2, 0.25) is 5.90 Å². The molecule has 0 bridgehead atoms. The van der Waals surface area contributed by atoms with Crippen molar-refractivity contribution in [2.45, 2.75) is 44.9 Å². The second-order valence-electron chi connectivity index (χ2n) is 4.48. The van der Waals surface area contributed by atoms with Gasteiger partial charge in [-0.25, -0.2) is 0 Å². The summed E-state index contributed by atoms with van der Waals surface area (Å²) in [6.45, 7) is 0.780. The maximum absolute atomic E-state index is 5.66. The van der Waals surface area contributed by atoms with E-state index >= 15 is 0 Å². The van der Waals surface area contributed by atoms with E-state index in [0.717, 1.165) is 43.5 Å². The Kier molecular flexibility index (Phi) is 4.82. The summed E-state index contributed by atoms with van der Waals surface area (Å²) >= 11 is 3.41. The van der Waals surface area contributed by atoms with Crippen LogP contribution in [0, 0.1) is 5.92 Å². The third kappa shape index (κ3) is 3.30. The summed E-state index contributed by atoms with van der Waals surface area (Å²) < 4.78 is 5.66. The van der Waals surface area contributed by atoms with Crippen molar-refractivity contribution in [1.29, 1.82) is 0 Å². The summed E-state index contributed by atoms with van der Waals surface area (Å²) in [5.74, 6) is 1.47. The Morgan fingerprint density at radius 2 is 2.19 bits per heavy atom. The molecule has 1 unspecified atom stereocenters. The maximum Gasteiger partial charge on any atom is 0.209 e. The molecule has 1 fully saturated rings. The number of unbranched alkanes of at least 4 members (excludes halogenated alkanes) is 1. The van der Waals surface area contributed by atoms with Crippen LogP contribution in [0.4, 0.5) is 0 Å². The molecule has 0 aromatic carbocycles. The van der Waals surface area contributed by atoms with Crippen LogP contribution in [0.5, 0.6) is 0 Å². The summed E-state index contributed by atoms with van der Waals surface area (Å²) in [5, 5.41) is 9.53. The Balaban J connectivity index is 1.78.